The first-order chi connectivity index (χ1) is 9.57. The number of hydrogen-bond donors (Lipinski definition) is 2. The van der Waals surface area contributed by atoms with Crippen LogP contribution in [0.3, 0.4) is 0 Å². The highest BCUT2D eigenvalue weighted by Gasteiger charge is 2.50. The number of hydrazine groups is 1. The van der Waals surface area contributed by atoms with Crippen molar-refractivity contribution in [3.63, 3.8) is 0 Å². The Balaban J connectivity index is 2.46. The molecule has 1 aliphatic heterocycles. The Morgan fingerprint density at radius 1 is 1.19 bits per heavy atom. The molecule has 0 spiro atoms. The van der Waals surface area contributed by atoms with Gasteiger partial charge in [0.15, 0.2) is 0 Å². The normalized spacial score (nSPS) is 25.0. The van der Waals surface area contributed by atoms with Crippen LogP contribution >= 0.6 is 0 Å². The van der Waals surface area contributed by atoms with E-state index < -0.39 is 34.7 Å². The van der Waals surface area contributed by atoms with Gasteiger partial charge in [0.1, 0.15) is 17.5 Å². The van der Waals surface area contributed by atoms with Gasteiger partial charge in [0, 0.05) is 23.6 Å². The van der Waals surface area contributed by atoms with Gasteiger partial charge in [0.25, 0.3) is 0 Å². The van der Waals surface area contributed by atoms with E-state index in [1.807, 2.05) is 27.7 Å². The Morgan fingerprint density at radius 3 is 2.10 bits per heavy atom. The number of nitrogens with one attached hydrogen (secondary N) is 1. The third-order valence-electron chi connectivity index (χ3n) is 4.08. The molecule has 21 heavy (non-hydrogen) atoms. The smallest absolute Gasteiger partial charge is 0.133 e. The van der Waals surface area contributed by atoms with E-state index >= 15 is 0 Å². The second kappa shape index (κ2) is 5.26. The summed E-state index contributed by atoms with van der Waals surface area (Å²) in [4.78, 5) is 0. The van der Waals surface area contributed by atoms with Crippen LogP contribution in [0, 0.1) is 23.4 Å². The number of nitrogens with two attached hydrogens (primary N) is 1. The van der Waals surface area contributed by atoms with Crippen molar-refractivity contribution in [2.24, 2.45) is 11.8 Å². The number of rotatable bonds is 3. The van der Waals surface area contributed by atoms with Crippen LogP contribution in [0.4, 0.5) is 13.2 Å². The lowest BCUT2D eigenvalue weighted by Gasteiger charge is -2.33. The molecule has 0 amide bonds. The summed E-state index contributed by atoms with van der Waals surface area (Å²) in [6, 6.07) is 0.523. The maximum absolute atomic E-state index is 14.0. The fourth-order valence-electron chi connectivity index (χ4n) is 3.38. The zero-order valence-corrected chi connectivity index (χ0v) is 12.6. The quantitative estimate of drug-likeness (QED) is 0.666. The lowest BCUT2D eigenvalue weighted by atomic mass is 9.79. The van der Waals surface area contributed by atoms with E-state index in [1.54, 1.807) is 0 Å². The van der Waals surface area contributed by atoms with Crippen LogP contribution in [0.1, 0.15) is 45.7 Å². The molecular formula is C15H21F3N2O. The molecule has 2 atom stereocenters. The molecule has 118 valence electrons. The second-order valence-corrected chi connectivity index (χ2v) is 6.70. The van der Waals surface area contributed by atoms with E-state index in [0.29, 0.717) is 18.6 Å². The minimum atomic E-state index is -0.952. The molecule has 2 rings (SSSR count). The molecule has 0 aliphatic carbocycles. The molecule has 3 nitrogen and oxygen atoms in total. The highest BCUT2D eigenvalue weighted by molar-refractivity contribution is 5.26. The molecule has 1 heterocycles. The van der Waals surface area contributed by atoms with Crippen LogP contribution in [-0.2, 0) is 4.74 Å². The highest BCUT2D eigenvalue weighted by atomic mass is 19.1. The van der Waals surface area contributed by atoms with Gasteiger partial charge in [-0.15, -0.1) is 0 Å². The predicted octanol–water partition coefficient (Wildman–Crippen LogP) is 3.20. The number of hydrogen-bond acceptors (Lipinski definition) is 3. The van der Waals surface area contributed by atoms with E-state index in [-0.39, 0.29) is 11.5 Å². The van der Waals surface area contributed by atoms with Crippen LogP contribution in [0.25, 0.3) is 0 Å². The minimum absolute atomic E-state index is 0.252. The van der Waals surface area contributed by atoms with Gasteiger partial charge >= 0.3 is 0 Å². The average molecular weight is 302 g/mol. The summed E-state index contributed by atoms with van der Waals surface area (Å²) in [6.45, 7) is 7.55. The third kappa shape index (κ3) is 3.07. The van der Waals surface area contributed by atoms with Gasteiger partial charge in [-0.25, -0.2) is 13.2 Å². The van der Waals surface area contributed by atoms with E-state index in [4.69, 9.17) is 10.6 Å². The summed E-state index contributed by atoms with van der Waals surface area (Å²) in [5.41, 5.74) is 1.18. The summed E-state index contributed by atoms with van der Waals surface area (Å²) in [5, 5.41) is 0. The van der Waals surface area contributed by atoms with Crippen LogP contribution in [0.5, 0.6) is 0 Å². The highest BCUT2D eigenvalue weighted by Crippen LogP contribution is 2.48. The Kier molecular flexibility index (Phi) is 4.08. The Labute approximate surface area is 122 Å². The monoisotopic (exact) mass is 302 g/mol. The van der Waals surface area contributed by atoms with Crippen molar-refractivity contribution >= 4 is 0 Å². The molecule has 0 bridgehead atoms. The van der Waals surface area contributed by atoms with Crippen molar-refractivity contribution in [1.82, 2.24) is 5.43 Å². The molecule has 6 heteroatoms. The standard InChI is InChI=1S/C15H21F3N2O/c1-14(2)7-9(15(3,4)21-14)13(20-19)12-10(17)5-8(16)6-11(12)18/h5-6,9,13,20H,7,19H2,1-4H3. The predicted molar refractivity (Wildman–Crippen MR) is 73.7 cm³/mol. The zero-order chi connectivity index (χ0) is 16.0. The second-order valence-electron chi connectivity index (χ2n) is 6.70. The van der Waals surface area contributed by atoms with Crippen molar-refractivity contribution in [1.29, 1.82) is 0 Å². The Hall–Kier alpha value is -1.11. The molecule has 3 N–H and O–H groups in total. The van der Waals surface area contributed by atoms with Crippen molar-refractivity contribution < 1.29 is 17.9 Å². The minimum Gasteiger partial charge on any atom is -0.369 e. The zero-order valence-electron chi connectivity index (χ0n) is 12.6. The fourth-order valence-corrected chi connectivity index (χ4v) is 3.38. The van der Waals surface area contributed by atoms with Gasteiger partial charge < -0.3 is 4.74 Å². The first-order valence-electron chi connectivity index (χ1n) is 6.88. The summed E-state index contributed by atoms with van der Waals surface area (Å²) in [7, 11) is 0. The van der Waals surface area contributed by atoms with Gasteiger partial charge in [0.2, 0.25) is 0 Å². The number of benzene rings is 1. The van der Waals surface area contributed by atoms with Crippen molar-refractivity contribution in [2.75, 3.05) is 0 Å². The van der Waals surface area contributed by atoms with E-state index in [2.05, 4.69) is 5.43 Å². The van der Waals surface area contributed by atoms with Crippen LogP contribution in [-0.4, -0.2) is 11.2 Å². The van der Waals surface area contributed by atoms with Crippen molar-refractivity contribution in [3.8, 4) is 0 Å². The summed E-state index contributed by atoms with van der Waals surface area (Å²) in [5.74, 6) is 2.43. The summed E-state index contributed by atoms with van der Waals surface area (Å²) < 4.78 is 47.1. The van der Waals surface area contributed by atoms with Crippen LogP contribution < -0.4 is 11.3 Å². The SMILES string of the molecule is CC1(C)CC(C(NN)c2c(F)cc(F)cc2F)C(C)(C)O1. The summed E-state index contributed by atoms with van der Waals surface area (Å²) in [6.07, 6.45) is 0.575. The van der Waals surface area contributed by atoms with Gasteiger partial charge in [-0.3, -0.25) is 11.3 Å². The van der Waals surface area contributed by atoms with Gasteiger partial charge in [-0.05, 0) is 34.1 Å². The molecule has 1 fully saturated rings. The average Bonchev–Trinajstić information content (AvgIpc) is 2.51. The van der Waals surface area contributed by atoms with Crippen LogP contribution in [0.2, 0.25) is 0 Å². The molecule has 1 aromatic rings. The molecule has 1 aliphatic rings. The lowest BCUT2D eigenvalue weighted by Crippen LogP contribution is -2.42. The largest absolute Gasteiger partial charge is 0.369 e. The molecular weight excluding hydrogens is 281 g/mol. The van der Waals surface area contributed by atoms with E-state index in [1.165, 1.54) is 0 Å². The molecule has 1 saturated heterocycles. The van der Waals surface area contributed by atoms with Crippen molar-refractivity contribution in [2.45, 2.75) is 51.4 Å². The Bertz CT molecular complexity index is 523. The Morgan fingerprint density at radius 2 is 1.71 bits per heavy atom. The van der Waals surface area contributed by atoms with Gasteiger partial charge in [-0.2, -0.15) is 0 Å². The lowest BCUT2D eigenvalue weighted by molar-refractivity contribution is -0.0780. The molecule has 0 aromatic heterocycles. The van der Waals surface area contributed by atoms with E-state index in [9.17, 15) is 13.2 Å². The fraction of sp³-hybridized carbons (Fsp3) is 0.600. The molecule has 1 aromatic carbocycles. The number of halogens is 3. The first-order valence-corrected chi connectivity index (χ1v) is 6.88. The topological polar surface area (TPSA) is 47.3 Å². The van der Waals surface area contributed by atoms with Gasteiger partial charge in [-0.1, -0.05) is 0 Å². The van der Waals surface area contributed by atoms with E-state index in [0.717, 1.165) is 0 Å². The number of ether oxygens (including phenoxy) is 1. The maximum Gasteiger partial charge on any atom is 0.133 e. The summed E-state index contributed by atoms with van der Waals surface area (Å²) >= 11 is 0. The third-order valence-corrected chi connectivity index (χ3v) is 4.08. The van der Waals surface area contributed by atoms with Crippen LogP contribution in [0.15, 0.2) is 12.1 Å². The van der Waals surface area contributed by atoms with Crippen molar-refractivity contribution in [3.05, 3.63) is 35.1 Å². The first kappa shape index (κ1) is 16.3. The molecule has 0 radical (unpaired) electrons. The van der Waals surface area contributed by atoms with Gasteiger partial charge in [0.05, 0.1) is 17.2 Å². The molecule has 0 saturated carbocycles. The maximum atomic E-state index is 14.0. The molecule has 2 unspecified atom stereocenters.